The number of halogens is 1. The number of rotatable bonds is 3. The van der Waals surface area contributed by atoms with Gasteiger partial charge in [-0.05, 0) is 24.5 Å². The van der Waals surface area contributed by atoms with Crippen LogP contribution in [0.1, 0.15) is 20.3 Å². The molecule has 0 unspecified atom stereocenters. The predicted octanol–water partition coefficient (Wildman–Crippen LogP) is 3.46. The molecule has 0 aliphatic rings. The highest BCUT2D eigenvalue weighted by Crippen LogP contribution is 2.21. The summed E-state index contributed by atoms with van der Waals surface area (Å²) in [4.78, 5) is 0. The van der Waals surface area contributed by atoms with E-state index in [0.29, 0.717) is 0 Å². The van der Waals surface area contributed by atoms with Gasteiger partial charge in [-0.3, -0.25) is 0 Å². The molecule has 0 aromatic heterocycles. The third-order valence-corrected chi connectivity index (χ3v) is 1.98. The van der Waals surface area contributed by atoms with Crippen molar-refractivity contribution >= 4 is 16.3 Å². The Morgan fingerprint density at radius 2 is 1.67 bits per heavy atom. The minimum atomic E-state index is -0.0764. The lowest BCUT2D eigenvalue weighted by Gasteiger charge is -1.98. The number of benzene rings is 1. The van der Waals surface area contributed by atoms with E-state index >= 15 is 0 Å². The Bertz CT molecular complexity index is 243. The maximum Gasteiger partial charge on any atom is 0.157 e. The van der Waals surface area contributed by atoms with Gasteiger partial charge in [0.2, 0.25) is 0 Å². The van der Waals surface area contributed by atoms with Gasteiger partial charge >= 0.3 is 0 Å². The molecule has 4 heteroatoms. The smallest absolute Gasteiger partial charge is 0.157 e. The molecule has 15 heavy (non-hydrogen) atoms. The molecule has 1 aromatic carbocycles. The zero-order valence-electron chi connectivity index (χ0n) is 8.98. The molecule has 0 saturated heterocycles. The van der Waals surface area contributed by atoms with Crippen LogP contribution in [0.25, 0.3) is 0 Å². The van der Waals surface area contributed by atoms with Gasteiger partial charge in [-0.2, -0.15) is 0 Å². The Morgan fingerprint density at radius 3 is 1.87 bits per heavy atom. The van der Waals surface area contributed by atoms with E-state index in [2.05, 4.69) is 33.9 Å². The minimum Gasteiger partial charge on any atom is -0.504 e. The van der Waals surface area contributed by atoms with E-state index < -0.39 is 0 Å². The highest BCUT2D eigenvalue weighted by molar-refractivity contribution is 9.06. The molecule has 0 heterocycles. The van der Waals surface area contributed by atoms with Gasteiger partial charge in [-0.15, -0.1) is 0 Å². The van der Waals surface area contributed by atoms with Crippen LogP contribution in [0.3, 0.4) is 0 Å². The Kier molecular flexibility index (Phi) is 8.14. The maximum atomic E-state index is 8.67. The zero-order valence-corrected chi connectivity index (χ0v) is 10.6. The van der Waals surface area contributed by atoms with Crippen molar-refractivity contribution in [2.75, 3.05) is 6.61 Å². The lowest BCUT2D eigenvalue weighted by atomic mass is 10.2. The fraction of sp³-hybridized carbons (Fsp3) is 0.455. The summed E-state index contributed by atoms with van der Waals surface area (Å²) < 4.78 is 4.67. The van der Waals surface area contributed by atoms with Crippen molar-refractivity contribution in [1.82, 2.24) is 0 Å². The van der Waals surface area contributed by atoms with Crippen LogP contribution in [0.15, 0.2) is 24.3 Å². The molecular formula is C11H17BrO3. The van der Waals surface area contributed by atoms with Crippen LogP contribution in [-0.4, -0.2) is 16.8 Å². The van der Waals surface area contributed by atoms with Crippen molar-refractivity contribution in [3.05, 3.63) is 24.3 Å². The molecule has 1 rings (SSSR count). The third-order valence-electron chi connectivity index (χ3n) is 1.65. The summed E-state index contributed by atoms with van der Waals surface area (Å²) in [5, 5.41) is 17.3. The van der Waals surface area contributed by atoms with Crippen LogP contribution >= 0.6 is 16.3 Å². The topological polar surface area (TPSA) is 49.7 Å². The summed E-state index contributed by atoms with van der Waals surface area (Å²) in [6.07, 6.45) is 1.13. The molecule has 0 bridgehead atoms. The maximum absolute atomic E-state index is 8.67. The van der Waals surface area contributed by atoms with Gasteiger partial charge in [-0.1, -0.05) is 26.0 Å². The molecule has 2 N–H and O–H groups in total. The predicted molar refractivity (Wildman–Crippen MR) is 64.1 cm³/mol. The molecule has 0 amide bonds. The number of hydrogen-bond acceptors (Lipinski definition) is 3. The van der Waals surface area contributed by atoms with Crippen LogP contribution in [0.5, 0.6) is 11.5 Å². The Balaban J connectivity index is 0.000000265. The number of aromatic hydroxyl groups is 2. The van der Waals surface area contributed by atoms with Crippen molar-refractivity contribution < 1.29 is 14.0 Å². The van der Waals surface area contributed by atoms with Crippen molar-refractivity contribution in [2.45, 2.75) is 20.3 Å². The molecule has 0 aliphatic heterocycles. The van der Waals surface area contributed by atoms with E-state index in [1.807, 2.05) is 0 Å². The van der Waals surface area contributed by atoms with E-state index in [1.165, 1.54) is 12.1 Å². The Morgan fingerprint density at radius 1 is 1.20 bits per heavy atom. The zero-order chi connectivity index (χ0) is 11.7. The summed E-state index contributed by atoms with van der Waals surface area (Å²) >= 11 is 2.88. The highest BCUT2D eigenvalue weighted by Gasteiger charge is 1.90. The van der Waals surface area contributed by atoms with Crippen molar-refractivity contribution in [2.24, 2.45) is 5.92 Å². The summed E-state index contributed by atoms with van der Waals surface area (Å²) in [7, 11) is 0. The molecule has 86 valence electrons. The standard InChI is InChI=1S/C6H6O2.C5H11BrO/c7-5-3-1-2-4-6(5)8;1-5(2)3-4-7-6/h1-4,7-8H;5H,3-4H2,1-2H3. The Labute approximate surface area is 99.2 Å². The van der Waals surface area contributed by atoms with Crippen molar-refractivity contribution in [1.29, 1.82) is 0 Å². The number of hydrogen-bond donors (Lipinski definition) is 2. The summed E-state index contributed by atoms with van der Waals surface area (Å²) in [6, 6.07) is 6.15. The van der Waals surface area contributed by atoms with E-state index in [4.69, 9.17) is 10.2 Å². The number of para-hydroxylation sites is 2. The van der Waals surface area contributed by atoms with E-state index in [9.17, 15) is 0 Å². The molecule has 0 radical (unpaired) electrons. The second kappa shape index (κ2) is 8.56. The lowest BCUT2D eigenvalue weighted by molar-refractivity contribution is 0.353. The first-order valence-corrected chi connectivity index (χ1v) is 5.43. The fourth-order valence-corrected chi connectivity index (χ4v) is 0.931. The number of phenolic OH excluding ortho intramolecular Hbond substituents is 2. The van der Waals surface area contributed by atoms with Gasteiger partial charge in [0.05, 0.1) is 22.9 Å². The normalized spacial score (nSPS) is 9.60. The molecular weight excluding hydrogens is 260 g/mol. The summed E-state index contributed by atoms with van der Waals surface area (Å²) in [5.74, 6) is 0.595. The lowest BCUT2D eigenvalue weighted by Crippen LogP contribution is -1.91. The molecule has 0 fully saturated rings. The summed E-state index contributed by atoms with van der Waals surface area (Å²) in [5.41, 5.74) is 0. The van der Waals surface area contributed by atoms with Gasteiger partial charge in [0, 0.05) is 0 Å². The van der Waals surface area contributed by atoms with Gasteiger partial charge in [0.25, 0.3) is 0 Å². The molecule has 0 spiro atoms. The number of phenols is 2. The quantitative estimate of drug-likeness (QED) is 0.832. The van der Waals surface area contributed by atoms with E-state index in [-0.39, 0.29) is 11.5 Å². The SMILES string of the molecule is CC(C)CCOBr.Oc1ccccc1O. The van der Waals surface area contributed by atoms with Gasteiger partial charge in [0.15, 0.2) is 11.5 Å². The molecule has 3 nitrogen and oxygen atoms in total. The fourth-order valence-electron chi connectivity index (χ4n) is 0.744. The average Bonchev–Trinajstić information content (AvgIpc) is 2.20. The van der Waals surface area contributed by atoms with Crippen molar-refractivity contribution in [3.63, 3.8) is 0 Å². The first-order valence-electron chi connectivity index (χ1n) is 4.78. The third kappa shape index (κ3) is 8.27. The molecule has 1 aromatic rings. The summed E-state index contributed by atoms with van der Waals surface area (Å²) in [6.45, 7) is 5.16. The van der Waals surface area contributed by atoms with Crippen LogP contribution in [0.4, 0.5) is 0 Å². The van der Waals surface area contributed by atoms with E-state index in [0.717, 1.165) is 18.9 Å². The second-order valence-corrected chi connectivity index (χ2v) is 3.94. The molecule has 0 saturated carbocycles. The van der Waals surface area contributed by atoms with Gasteiger partial charge in [0.1, 0.15) is 0 Å². The highest BCUT2D eigenvalue weighted by atomic mass is 79.9. The molecule has 0 aliphatic carbocycles. The largest absolute Gasteiger partial charge is 0.504 e. The first kappa shape index (κ1) is 14.3. The second-order valence-electron chi connectivity index (χ2n) is 3.48. The van der Waals surface area contributed by atoms with Crippen LogP contribution < -0.4 is 0 Å². The average molecular weight is 277 g/mol. The first-order chi connectivity index (χ1) is 7.07. The van der Waals surface area contributed by atoms with Crippen LogP contribution in [0.2, 0.25) is 0 Å². The van der Waals surface area contributed by atoms with Gasteiger partial charge < -0.3 is 14.0 Å². The molecule has 0 atom stereocenters. The van der Waals surface area contributed by atoms with Gasteiger partial charge in [-0.25, -0.2) is 0 Å². The minimum absolute atomic E-state index is 0.0764. The monoisotopic (exact) mass is 276 g/mol. The van der Waals surface area contributed by atoms with Crippen LogP contribution in [-0.2, 0) is 3.83 Å². The van der Waals surface area contributed by atoms with E-state index in [1.54, 1.807) is 12.1 Å². The van der Waals surface area contributed by atoms with Crippen LogP contribution in [0, 0.1) is 5.92 Å². The van der Waals surface area contributed by atoms with Crippen molar-refractivity contribution in [3.8, 4) is 11.5 Å². The Hall–Kier alpha value is -0.740.